The Bertz CT molecular complexity index is 1460. The first-order valence-corrected chi connectivity index (χ1v) is 23.6. The highest BCUT2D eigenvalue weighted by atomic mass is 35.5. The number of terminal acetylenes is 2. The summed E-state index contributed by atoms with van der Waals surface area (Å²) in [7, 11) is 3.81. The van der Waals surface area contributed by atoms with Crippen LogP contribution in [0.15, 0.2) is 0 Å². The molecule has 4 heterocycles. The van der Waals surface area contributed by atoms with Gasteiger partial charge >= 0.3 is 18.1 Å². The van der Waals surface area contributed by atoms with E-state index in [1.165, 1.54) is 29.8 Å². The summed E-state index contributed by atoms with van der Waals surface area (Å²) in [6.45, 7) is 6.10. The van der Waals surface area contributed by atoms with Crippen LogP contribution in [0.2, 0.25) is 0 Å². The first-order chi connectivity index (χ1) is 29.4. The molecule has 0 aromatic rings. The molecule has 0 aromatic carbocycles. The molecule has 16 atom stereocenters. The number of carboxylic acid groups (broad SMARTS) is 2. The quantitative estimate of drug-likeness (QED) is 0.102. The number of thioether (sulfide) groups is 2. The summed E-state index contributed by atoms with van der Waals surface area (Å²) in [6, 6.07) is -2.21. The Labute approximate surface area is 392 Å². The number of amides is 1. The van der Waals surface area contributed by atoms with E-state index in [1.54, 1.807) is 12.5 Å². The molecule has 4 fully saturated rings. The first kappa shape index (κ1) is 64.2. The Morgan fingerprint density at radius 1 is 0.766 bits per heavy atom. The van der Waals surface area contributed by atoms with Crippen LogP contribution in [0.3, 0.4) is 0 Å². The molecule has 1 amide bonds. The summed E-state index contributed by atoms with van der Waals surface area (Å²) in [5.41, 5.74) is 4.18. The number of aliphatic carboxylic acids is 2. The highest BCUT2D eigenvalue weighted by Crippen LogP contribution is 2.31. The number of carbonyl (C=O) groups excluding carboxylic acids is 1. The maximum Gasteiger partial charge on any atom is 0.490 e. The molecule has 0 bridgehead atoms. The van der Waals surface area contributed by atoms with Crippen LogP contribution in [0, 0.1) is 36.5 Å². The third-order valence-corrected chi connectivity index (χ3v) is 12.2. The van der Waals surface area contributed by atoms with Gasteiger partial charge in [-0.3, -0.25) is 19.4 Å². The van der Waals surface area contributed by atoms with Crippen molar-refractivity contribution in [1.29, 1.82) is 0 Å². The average molecular weight is 1010 g/mol. The molecule has 17 nitrogen and oxygen atoms in total. The van der Waals surface area contributed by atoms with Gasteiger partial charge < -0.3 is 61.4 Å². The van der Waals surface area contributed by atoms with Crippen molar-refractivity contribution >= 4 is 65.9 Å². The zero-order chi connectivity index (χ0) is 48.9. The molecule has 4 unspecified atom stereocenters. The van der Waals surface area contributed by atoms with E-state index in [9.17, 15) is 57.3 Å². The van der Waals surface area contributed by atoms with Crippen molar-refractivity contribution in [2.75, 3.05) is 46.0 Å². The van der Waals surface area contributed by atoms with Crippen LogP contribution in [0.25, 0.3) is 0 Å². The Hall–Kier alpha value is -1.85. The second kappa shape index (κ2) is 32.0. The predicted octanol–water partition coefficient (Wildman–Crippen LogP) is 0.993. The van der Waals surface area contributed by atoms with Gasteiger partial charge in [0.15, 0.2) is 0 Å². The van der Waals surface area contributed by atoms with E-state index in [-0.39, 0.29) is 42.5 Å². The minimum atomic E-state index is -5.08. The van der Waals surface area contributed by atoms with Crippen molar-refractivity contribution in [3.05, 3.63) is 0 Å². The molecule has 25 heteroatoms. The number of nitrogens with one attached hydrogen (secondary N) is 1. The SMILES string of the molecule is C#C[C@@H](N)[C@H]1OC(SC)[C@H](O)[C@H](O)C1O.C#C[C@@H](NC(=O)[C@@H]1C[C@@H](CCC)CN1C)[C@H]1OC(SC)[C@H](O)[C@H](O)C1O.CCC[C@@H]1C[C@@H](C(=O)O)N(C)C1.CSF.Cl.O=C(O)C(F)(F)F. The maximum absolute atomic E-state index is 12.7. The predicted molar refractivity (Wildman–Crippen MR) is 240 cm³/mol. The molecule has 374 valence electrons. The van der Waals surface area contributed by atoms with Gasteiger partial charge in [-0.15, -0.1) is 48.8 Å². The van der Waals surface area contributed by atoms with Crippen LogP contribution in [0.1, 0.15) is 52.4 Å². The van der Waals surface area contributed by atoms with Crippen molar-refractivity contribution in [3.8, 4) is 24.7 Å². The lowest BCUT2D eigenvalue weighted by atomic mass is 9.94. The number of likely N-dealkylation sites (tertiary alicyclic amines) is 2. The van der Waals surface area contributed by atoms with Gasteiger partial charge in [-0.2, -0.15) is 17.1 Å². The summed E-state index contributed by atoms with van der Waals surface area (Å²) < 4.78 is 52.9. The van der Waals surface area contributed by atoms with Crippen molar-refractivity contribution in [2.45, 2.75) is 142 Å². The maximum atomic E-state index is 12.7. The van der Waals surface area contributed by atoms with Crippen LogP contribution < -0.4 is 11.1 Å². The molecule has 4 saturated heterocycles. The van der Waals surface area contributed by atoms with E-state index in [0.717, 1.165) is 51.6 Å². The lowest BCUT2D eigenvalue weighted by molar-refractivity contribution is -0.201. The molecule has 0 saturated carbocycles. The molecular weight excluding hydrogens is 940 g/mol. The highest BCUT2D eigenvalue weighted by Gasteiger charge is 2.48. The van der Waals surface area contributed by atoms with Crippen molar-refractivity contribution < 1.29 is 81.8 Å². The van der Waals surface area contributed by atoms with E-state index in [2.05, 4.69) is 31.0 Å². The fourth-order valence-electron chi connectivity index (χ4n) is 7.31. The molecule has 11 N–H and O–H groups in total. The number of carbonyl (C=O) groups is 3. The van der Waals surface area contributed by atoms with Gasteiger partial charge in [-0.05, 0) is 64.1 Å². The summed E-state index contributed by atoms with van der Waals surface area (Å²) in [4.78, 5) is 36.3. The number of carboxylic acids is 2. The smallest absolute Gasteiger partial charge is 0.480 e. The van der Waals surface area contributed by atoms with Crippen molar-refractivity contribution in [3.63, 3.8) is 0 Å². The number of aliphatic hydroxyl groups is 6. The Balaban J connectivity index is 0. The second-order valence-corrected chi connectivity index (χ2v) is 17.4. The van der Waals surface area contributed by atoms with Crippen molar-refractivity contribution in [2.24, 2.45) is 17.6 Å². The molecule has 4 aliphatic heterocycles. The minimum absolute atomic E-state index is 0. The van der Waals surface area contributed by atoms with E-state index < -0.39 is 89.9 Å². The minimum Gasteiger partial charge on any atom is -0.480 e. The fraction of sp³-hybridized carbons (Fsp3) is 0.821. The van der Waals surface area contributed by atoms with E-state index >= 15 is 0 Å². The first-order valence-electron chi connectivity index (χ1n) is 19.9. The number of rotatable bonds is 11. The van der Waals surface area contributed by atoms with Gasteiger partial charge in [0.2, 0.25) is 5.91 Å². The molecule has 0 aromatic heterocycles. The van der Waals surface area contributed by atoms with Gasteiger partial charge in [0.1, 0.15) is 71.8 Å². The third-order valence-electron chi connectivity index (χ3n) is 10.5. The van der Waals surface area contributed by atoms with Gasteiger partial charge in [0.05, 0.1) is 12.1 Å². The Kier molecular flexibility index (Phi) is 32.1. The van der Waals surface area contributed by atoms with E-state index in [1.807, 2.05) is 23.9 Å². The molecule has 0 radical (unpaired) electrons. The monoisotopic (exact) mass is 1010 g/mol. The normalized spacial score (nSPS) is 33.4. The summed E-state index contributed by atoms with van der Waals surface area (Å²) in [5, 5.41) is 77.7. The second-order valence-electron chi connectivity index (χ2n) is 15.2. The van der Waals surface area contributed by atoms with Gasteiger partial charge in [-0.25, -0.2) is 4.79 Å². The topological polar surface area (TPSA) is 276 Å². The largest absolute Gasteiger partial charge is 0.490 e. The number of likely N-dealkylation sites (N-methyl/N-ethyl adjacent to an activating group) is 2. The highest BCUT2D eigenvalue weighted by molar-refractivity contribution is 7.99. The zero-order valence-electron chi connectivity index (χ0n) is 36.8. The van der Waals surface area contributed by atoms with Crippen LogP contribution in [0.4, 0.5) is 17.1 Å². The Morgan fingerprint density at radius 2 is 1.14 bits per heavy atom. The van der Waals surface area contributed by atoms with E-state index in [4.69, 9.17) is 43.1 Å². The Morgan fingerprint density at radius 3 is 1.47 bits per heavy atom. The number of hydrogen-bond acceptors (Lipinski definition) is 17. The van der Waals surface area contributed by atoms with Crippen LogP contribution in [-0.4, -0.2) is 204 Å². The number of ether oxygens (including phenoxy) is 2. The molecule has 4 aliphatic rings. The van der Waals surface area contributed by atoms with Crippen LogP contribution >= 0.6 is 48.1 Å². The number of nitrogens with two attached hydrogens (primary N) is 1. The summed E-state index contributed by atoms with van der Waals surface area (Å²) in [6.07, 6.45) is 6.96. The zero-order valence-corrected chi connectivity index (χ0v) is 40.1. The third kappa shape index (κ3) is 20.2. The lowest BCUT2D eigenvalue weighted by Crippen LogP contribution is -2.63. The van der Waals surface area contributed by atoms with E-state index in [0.29, 0.717) is 11.8 Å². The number of aliphatic hydroxyl groups excluding tert-OH is 6. The number of halogens is 5. The number of nitrogens with zero attached hydrogens (tertiary/aromatic N) is 2. The van der Waals surface area contributed by atoms with Crippen molar-refractivity contribution in [1.82, 2.24) is 15.1 Å². The lowest BCUT2D eigenvalue weighted by Gasteiger charge is -2.42. The van der Waals surface area contributed by atoms with Gasteiger partial charge in [0, 0.05) is 31.5 Å². The van der Waals surface area contributed by atoms with Gasteiger partial charge in [0.25, 0.3) is 0 Å². The van der Waals surface area contributed by atoms with Gasteiger partial charge in [-0.1, -0.05) is 38.5 Å². The summed E-state index contributed by atoms with van der Waals surface area (Å²) in [5.74, 6) is 2.14. The number of hydrogen-bond donors (Lipinski definition) is 10. The average Bonchev–Trinajstić information content (AvgIpc) is 3.80. The molecule has 4 rings (SSSR count). The molecule has 0 spiro atoms. The van der Waals surface area contributed by atoms with Crippen LogP contribution in [-0.2, 0) is 23.9 Å². The standard InChI is InChI=1S/C18H30N2O5S.C9H15NO4S.C9H17NO2.C2HF3O2.CH3FS.ClH/c1-5-7-10-8-12(20(3)9-10)17(24)19-11(6-2)16-14(22)13(21)15(23)18(25-16)26-4;1-3-4(10)8-6(12)5(11)7(13)9(14-8)15-2;1-3-4-7-5-8(9(11)12)10(2)6-7;3-2(4,5)1(6)7;1-3-2;/h2,10-16,18,21-23H,5,7-9H2,1,3-4H3,(H,19,24);1,4-9,11-13H,10H2,2H3;7-8H,3-6H2,1-2H3,(H,11,12);(H,6,7);1H3;1H/t10-,11-,12+,13-,14?,15-,16-,18?;4-,5-,6?,7-,8-,9?;7-,8+;;;/m111.../s1. The summed E-state index contributed by atoms with van der Waals surface area (Å²) >= 11 is 2.68. The fourth-order valence-corrected chi connectivity index (χ4v) is 8.67. The molecular formula is C39H67ClF4N4O13S3. The molecule has 0 aliphatic carbocycles. The number of alkyl halides is 3. The van der Waals surface area contributed by atoms with Crippen LogP contribution in [0.5, 0.6) is 0 Å². The molecule has 64 heavy (non-hydrogen) atoms.